The average molecular weight is 422 g/mol. The average Bonchev–Trinajstić information content (AvgIpc) is 3.39. The molecule has 0 saturated heterocycles. The van der Waals surface area contributed by atoms with Gasteiger partial charge in [-0.3, -0.25) is 14.9 Å². The lowest BCUT2D eigenvalue weighted by Crippen LogP contribution is -2.36. The number of fused-ring (bicyclic) bond motifs is 1. The van der Waals surface area contributed by atoms with Gasteiger partial charge in [0.25, 0.3) is 5.91 Å². The summed E-state index contributed by atoms with van der Waals surface area (Å²) in [7, 11) is 1.74. The normalized spacial score (nSPS) is 13.4. The van der Waals surface area contributed by atoms with E-state index in [1.807, 2.05) is 10.3 Å². The van der Waals surface area contributed by atoms with Crippen LogP contribution >= 0.6 is 34.4 Å². The molecule has 3 aromatic heterocycles. The molecule has 0 spiro atoms. The third-order valence-electron chi connectivity index (χ3n) is 3.99. The van der Waals surface area contributed by atoms with Crippen LogP contribution < -0.4 is 5.32 Å². The Hall–Kier alpha value is -2.31. The van der Waals surface area contributed by atoms with E-state index in [1.54, 1.807) is 18.5 Å². The van der Waals surface area contributed by atoms with Crippen LogP contribution in [0.25, 0.3) is 0 Å². The highest BCUT2D eigenvalue weighted by atomic mass is 32.2. The first-order valence-electron chi connectivity index (χ1n) is 8.05. The number of tetrazole rings is 1. The van der Waals surface area contributed by atoms with Crippen LogP contribution in [0, 0.1) is 0 Å². The topological polar surface area (TPSA) is 106 Å². The lowest BCUT2D eigenvalue weighted by Gasteiger charge is -2.25. The zero-order valence-corrected chi connectivity index (χ0v) is 16.7. The molecule has 0 unspecified atom stereocenters. The van der Waals surface area contributed by atoms with Crippen molar-refractivity contribution < 1.29 is 9.59 Å². The number of nitrogens with zero attached hydrogens (tertiary/aromatic N) is 6. The van der Waals surface area contributed by atoms with E-state index in [0.29, 0.717) is 35.4 Å². The van der Waals surface area contributed by atoms with E-state index in [9.17, 15) is 9.59 Å². The molecule has 0 saturated carbocycles. The highest BCUT2D eigenvalue weighted by molar-refractivity contribution is 7.99. The second-order valence-electron chi connectivity index (χ2n) is 5.79. The van der Waals surface area contributed by atoms with Crippen LogP contribution in [0.15, 0.2) is 22.0 Å². The molecule has 0 bridgehead atoms. The number of thiazole rings is 1. The maximum atomic E-state index is 12.5. The van der Waals surface area contributed by atoms with Crippen LogP contribution in [0.3, 0.4) is 0 Å². The van der Waals surface area contributed by atoms with Crippen molar-refractivity contribution in [2.24, 2.45) is 7.05 Å². The minimum Gasteiger partial charge on any atom is -0.336 e. The summed E-state index contributed by atoms with van der Waals surface area (Å²) < 4.78 is 1.54. The molecule has 4 rings (SSSR count). The van der Waals surface area contributed by atoms with Crippen molar-refractivity contribution in [2.45, 2.75) is 18.1 Å². The second-order valence-corrected chi connectivity index (χ2v) is 8.60. The quantitative estimate of drug-likeness (QED) is 0.625. The number of hydrogen-bond acceptors (Lipinski definition) is 9. The number of thioether (sulfide) groups is 1. The van der Waals surface area contributed by atoms with Gasteiger partial charge in [0.1, 0.15) is 0 Å². The maximum Gasteiger partial charge on any atom is 0.258 e. The van der Waals surface area contributed by atoms with Crippen molar-refractivity contribution in [3.05, 3.63) is 33.0 Å². The van der Waals surface area contributed by atoms with E-state index in [1.165, 1.54) is 39.1 Å². The van der Waals surface area contributed by atoms with E-state index >= 15 is 0 Å². The van der Waals surface area contributed by atoms with Gasteiger partial charge in [0.05, 0.1) is 23.6 Å². The van der Waals surface area contributed by atoms with Crippen LogP contribution in [0.5, 0.6) is 0 Å². The summed E-state index contributed by atoms with van der Waals surface area (Å²) in [6.07, 6.45) is 0.683. The van der Waals surface area contributed by atoms with E-state index in [2.05, 4.69) is 25.8 Å². The first kappa shape index (κ1) is 18.1. The maximum absolute atomic E-state index is 12.5. The molecule has 0 radical (unpaired) electrons. The number of carbonyl (C=O) groups excluding carboxylic acids is 2. The number of rotatable bonds is 5. The van der Waals surface area contributed by atoms with Crippen LogP contribution in [0.1, 0.15) is 20.9 Å². The number of hydrogen-bond donors (Lipinski definition) is 1. The first-order chi connectivity index (χ1) is 13.1. The lowest BCUT2D eigenvalue weighted by atomic mass is 10.2. The molecule has 4 heterocycles. The van der Waals surface area contributed by atoms with Crippen molar-refractivity contribution in [1.29, 1.82) is 0 Å². The number of anilines is 1. The molecule has 1 N–H and O–H groups in total. The van der Waals surface area contributed by atoms with Crippen molar-refractivity contribution in [3.8, 4) is 0 Å². The van der Waals surface area contributed by atoms with Gasteiger partial charge in [-0.05, 0) is 21.9 Å². The van der Waals surface area contributed by atoms with Crippen molar-refractivity contribution in [3.63, 3.8) is 0 Å². The number of aromatic nitrogens is 5. The summed E-state index contributed by atoms with van der Waals surface area (Å²) in [4.78, 5) is 32.0. The van der Waals surface area contributed by atoms with Crippen LogP contribution in [-0.2, 0) is 24.8 Å². The minimum atomic E-state index is -0.163. The molecule has 0 aliphatic carbocycles. The van der Waals surface area contributed by atoms with Gasteiger partial charge in [0, 0.05) is 30.3 Å². The molecule has 0 fully saturated rings. The fourth-order valence-corrected chi connectivity index (χ4v) is 4.99. The Morgan fingerprint density at radius 2 is 2.30 bits per heavy atom. The smallest absolute Gasteiger partial charge is 0.258 e. The monoisotopic (exact) mass is 421 g/mol. The van der Waals surface area contributed by atoms with Gasteiger partial charge in [-0.2, -0.15) is 11.3 Å². The van der Waals surface area contributed by atoms with Crippen LogP contribution in [0.2, 0.25) is 0 Å². The molecular formula is C15H15N7O2S3. The number of thiophene rings is 1. The number of nitrogens with one attached hydrogen (secondary N) is 1. The molecule has 1 aliphatic rings. The van der Waals surface area contributed by atoms with Gasteiger partial charge < -0.3 is 4.90 Å². The summed E-state index contributed by atoms with van der Waals surface area (Å²) in [5.41, 5.74) is 1.58. The molecule has 12 heteroatoms. The Labute approximate surface area is 166 Å². The van der Waals surface area contributed by atoms with Gasteiger partial charge in [0.2, 0.25) is 11.1 Å². The highest BCUT2D eigenvalue weighted by Crippen LogP contribution is 2.29. The van der Waals surface area contributed by atoms with Gasteiger partial charge in [-0.15, -0.1) is 5.10 Å². The van der Waals surface area contributed by atoms with E-state index in [4.69, 9.17) is 0 Å². The summed E-state index contributed by atoms with van der Waals surface area (Å²) in [5.74, 6) is 0.152. The van der Waals surface area contributed by atoms with Crippen molar-refractivity contribution >= 4 is 51.4 Å². The fourth-order valence-electron chi connectivity index (χ4n) is 2.59. The molecule has 3 aromatic rings. The zero-order chi connectivity index (χ0) is 18.8. The number of carbonyl (C=O) groups is 2. The van der Waals surface area contributed by atoms with Crippen LogP contribution in [0.4, 0.5) is 5.13 Å². The Balaban J connectivity index is 1.36. The first-order valence-corrected chi connectivity index (χ1v) is 10.8. The molecular weight excluding hydrogens is 406 g/mol. The number of amides is 2. The predicted octanol–water partition coefficient (Wildman–Crippen LogP) is 1.66. The Morgan fingerprint density at radius 1 is 1.41 bits per heavy atom. The van der Waals surface area contributed by atoms with Gasteiger partial charge in [-0.25, -0.2) is 9.67 Å². The second kappa shape index (κ2) is 7.74. The molecule has 0 aromatic carbocycles. The zero-order valence-electron chi connectivity index (χ0n) is 14.3. The Morgan fingerprint density at radius 3 is 3.04 bits per heavy atom. The minimum absolute atomic E-state index is 0.0332. The van der Waals surface area contributed by atoms with Crippen molar-refractivity contribution in [1.82, 2.24) is 30.1 Å². The van der Waals surface area contributed by atoms with E-state index in [0.717, 1.165) is 10.6 Å². The standard InChI is InChI=1S/C15H15N7O2S3/c1-21-15(18-19-20-21)26-8-12(23)22-4-2-10-11(6-22)27-14(16-10)17-13(24)9-3-5-25-7-9/h3,5,7H,2,4,6,8H2,1H3,(H,16,17,24). The Bertz CT molecular complexity index is 966. The fraction of sp³-hybridized carbons (Fsp3) is 0.333. The molecule has 27 heavy (non-hydrogen) atoms. The van der Waals surface area contributed by atoms with E-state index in [-0.39, 0.29) is 17.6 Å². The van der Waals surface area contributed by atoms with E-state index < -0.39 is 0 Å². The molecule has 9 nitrogen and oxygen atoms in total. The highest BCUT2D eigenvalue weighted by Gasteiger charge is 2.25. The number of aryl methyl sites for hydroxylation is 1. The van der Waals surface area contributed by atoms with Crippen molar-refractivity contribution in [2.75, 3.05) is 17.6 Å². The van der Waals surface area contributed by atoms with Gasteiger partial charge >= 0.3 is 0 Å². The third kappa shape index (κ3) is 4.01. The summed E-state index contributed by atoms with van der Waals surface area (Å²) in [6.45, 7) is 1.13. The SMILES string of the molecule is Cn1nnnc1SCC(=O)N1CCc2nc(NC(=O)c3ccsc3)sc2C1. The Kier molecular flexibility index (Phi) is 5.18. The summed E-state index contributed by atoms with van der Waals surface area (Å²) in [6, 6.07) is 1.78. The van der Waals surface area contributed by atoms with Gasteiger partial charge in [0.15, 0.2) is 5.13 Å². The summed E-state index contributed by atoms with van der Waals surface area (Å²) in [5, 5.41) is 18.9. The third-order valence-corrected chi connectivity index (χ3v) is 6.67. The molecule has 0 atom stereocenters. The molecule has 140 valence electrons. The lowest BCUT2D eigenvalue weighted by molar-refractivity contribution is -0.129. The predicted molar refractivity (Wildman–Crippen MR) is 103 cm³/mol. The van der Waals surface area contributed by atoms with Crippen LogP contribution in [-0.4, -0.2) is 54.2 Å². The van der Waals surface area contributed by atoms with Gasteiger partial charge in [-0.1, -0.05) is 23.1 Å². The summed E-state index contributed by atoms with van der Waals surface area (Å²) >= 11 is 4.22. The molecule has 1 aliphatic heterocycles. The molecule has 2 amide bonds. The largest absolute Gasteiger partial charge is 0.336 e.